The van der Waals surface area contributed by atoms with Crippen LogP contribution in [0.15, 0.2) is 0 Å². The molecule has 2 heterocycles. The van der Waals surface area contributed by atoms with Crippen molar-refractivity contribution in [2.45, 2.75) is 71.8 Å². The van der Waals surface area contributed by atoms with Crippen LogP contribution >= 0.6 is 23.1 Å². The van der Waals surface area contributed by atoms with Crippen molar-refractivity contribution in [2.75, 3.05) is 36.5 Å². The van der Waals surface area contributed by atoms with Crippen LogP contribution in [0, 0.1) is 23.2 Å². The molecule has 174 valence electrons. The topological polar surface area (TPSA) is 65.5 Å². The molecule has 31 heavy (non-hydrogen) atoms. The van der Waals surface area contributed by atoms with Crippen LogP contribution in [0.4, 0.5) is 5.13 Å². The number of anilines is 1. The molecule has 1 saturated carbocycles. The molecule has 0 bridgehead atoms. The van der Waals surface area contributed by atoms with E-state index in [2.05, 4.69) is 33.0 Å². The Bertz CT molecular complexity index is 779. The zero-order chi connectivity index (χ0) is 22.2. The Labute approximate surface area is 195 Å². The quantitative estimate of drug-likeness (QED) is 0.600. The number of aromatic nitrogens is 1. The lowest BCUT2D eigenvalue weighted by molar-refractivity contribution is -0.144. The van der Waals surface area contributed by atoms with E-state index in [4.69, 9.17) is 4.98 Å². The van der Waals surface area contributed by atoms with Crippen LogP contribution in [0.2, 0.25) is 0 Å². The number of nitrogens with one attached hydrogen (secondary N) is 1. The average molecular weight is 466 g/mol. The monoisotopic (exact) mass is 465 g/mol. The maximum Gasteiger partial charge on any atom is 0.225 e. The van der Waals surface area contributed by atoms with E-state index in [1.165, 1.54) is 17.0 Å². The van der Waals surface area contributed by atoms with Gasteiger partial charge < -0.3 is 15.3 Å². The van der Waals surface area contributed by atoms with Gasteiger partial charge in [0.1, 0.15) is 0 Å². The highest BCUT2D eigenvalue weighted by molar-refractivity contribution is 7.99. The molecule has 6 atom stereocenters. The van der Waals surface area contributed by atoms with E-state index < -0.39 is 6.10 Å². The number of hydrogen-bond acceptors (Lipinski definition) is 6. The highest BCUT2D eigenvalue weighted by atomic mass is 32.2. The summed E-state index contributed by atoms with van der Waals surface area (Å²) in [6.07, 6.45) is 4.90. The summed E-state index contributed by atoms with van der Waals surface area (Å²) in [6, 6.07) is 0. The van der Waals surface area contributed by atoms with Gasteiger partial charge >= 0.3 is 0 Å². The number of unbranched alkanes of at least 4 members (excludes halogenated alkanes) is 1. The van der Waals surface area contributed by atoms with Crippen LogP contribution in [0.5, 0.6) is 0 Å². The van der Waals surface area contributed by atoms with Gasteiger partial charge in [-0.2, -0.15) is 11.8 Å². The first kappa shape index (κ1) is 23.4. The predicted octanol–water partition coefficient (Wildman–Crippen LogP) is 4.62. The molecular formula is C24H39N3O2S2. The SMILES string of the molecule is CCCCNc1nc2c(s1)CC1(C)CCC(C(C)C(=O)N3CCSCC3)C(O)C1C2C. The zero-order valence-corrected chi connectivity index (χ0v) is 21.2. The zero-order valence-electron chi connectivity index (χ0n) is 19.5. The Morgan fingerprint density at radius 1 is 1.39 bits per heavy atom. The fourth-order valence-corrected chi connectivity index (χ4v) is 8.44. The summed E-state index contributed by atoms with van der Waals surface area (Å²) in [5, 5.41) is 16.1. The summed E-state index contributed by atoms with van der Waals surface area (Å²) in [5.74, 6) is 2.63. The summed E-state index contributed by atoms with van der Waals surface area (Å²) >= 11 is 3.73. The maximum absolute atomic E-state index is 13.2. The predicted molar refractivity (Wildman–Crippen MR) is 131 cm³/mol. The molecule has 3 aliphatic rings. The van der Waals surface area contributed by atoms with Crippen molar-refractivity contribution in [3.8, 4) is 0 Å². The largest absolute Gasteiger partial charge is 0.392 e. The third kappa shape index (κ3) is 4.51. The third-order valence-corrected chi connectivity index (χ3v) is 10.1. The van der Waals surface area contributed by atoms with Gasteiger partial charge in [-0.05, 0) is 42.9 Å². The molecule has 0 radical (unpaired) electrons. The molecule has 0 spiro atoms. The molecule has 1 saturated heterocycles. The minimum atomic E-state index is -0.446. The molecule has 6 unspecified atom stereocenters. The Morgan fingerprint density at radius 2 is 2.13 bits per heavy atom. The van der Waals surface area contributed by atoms with E-state index in [9.17, 15) is 9.90 Å². The third-order valence-electron chi connectivity index (χ3n) is 8.08. The van der Waals surface area contributed by atoms with Crippen LogP contribution in [0.25, 0.3) is 0 Å². The molecule has 2 fully saturated rings. The first-order valence-electron chi connectivity index (χ1n) is 12.1. The number of rotatable bonds is 6. The lowest BCUT2D eigenvalue weighted by Gasteiger charge is -2.53. The molecule has 1 aromatic heterocycles. The lowest BCUT2D eigenvalue weighted by Crippen LogP contribution is -2.54. The van der Waals surface area contributed by atoms with Crippen molar-refractivity contribution in [2.24, 2.45) is 23.2 Å². The summed E-state index contributed by atoms with van der Waals surface area (Å²) in [7, 11) is 0. The number of hydrogen-bond donors (Lipinski definition) is 2. The van der Waals surface area contributed by atoms with Crippen molar-refractivity contribution in [1.82, 2.24) is 9.88 Å². The number of thioether (sulfide) groups is 1. The fraction of sp³-hybridized carbons (Fsp3) is 0.833. The number of carbonyl (C=O) groups excluding carboxylic acids is 1. The molecule has 7 heteroatoms. The number of carbonyl (C=O) groups is 1. The van der Waals surface area contributed by atoms with Crippen molar-refractivity contribution in [1.29, 1.82) is 0 Å². The average Bonchev–Trinajstić information content (AvgIpc) is 3.16. The van der Waals surface area contributed by atoms with Crippen LogP contribution in [-0.2, 0) is 11.2 Å². The van der Waals surface area contributed by atoms with Crippen molar-refractivity contribution >= 4 is 34.1 Å². The van der Waals surface area contributed by atoms with E-state index in [1.54, 1.807) is 0 Å². The van der Waals surface area contributed by atoms with Crippen molar-refractivity contribution in [3.05, 3.63) is 10.6 Å². The summed E-state index contributed by atoms with van der Waals surface area (Å²) in [6.45, 7) is 11.5. The van der Waals surface area contributed by atoms with E-state index in [0.717, 1.165) is 62.0 Å². The standard InChI is InChI=1S/C24H39N3O2S2/c1-5-6-9-25-23-26-20-16(3)19-21(28)17(7-8-24(19,4)14-18(20)31-23)15(2)22(29)27-10-12-30-13-11-27/h15-17,19,21,28H,5-14H2,1-4H3,(H,25,26). The normalized spacial score (nSPS) is 34.0. The van der Waals surface area contributed by atoms with Gasteiger partial charge in [-0.3, -0.25) is 4.79 Å². The Hall–Kier alpha value is -0.790. The van der Waals surface area contributed by atoms with Crippen LogP contribution < -0.4 is 5.32 Å². The Balaban J connectivity index is 1.51. The van der Waals surface area contributed by atoms with Gasteiger partial charge in [-0.1, -0.05) is 34.1 Å². The van der Waals surface area contributed by atoms with Gasteiger partial charge in [0.2, 0.25) is 5.91 Å². The number of amides is 1. The Kier molecular flexibility index (Phi) is 7.24. The van der Waals surface area contributed by atoms with E-state index in [1.807, 2.05) is 28.0 Å². The van der Waals surface area contributed by atoms with Gasteiger partial charge in [0.15, 0.2) is 5.13 Å². The second-order valence-electron chi connectivity index (χ2n) is 10.2. The number of nitrogens with zero attached hydrogens (tertiary/aromatic N) is 2. The van der Waals surface area contributed by atoms with Gasteiger partial charge in [0, 0.05) is 47.9 Å². The molecule has 2 aliphatic carbocycles. The number of thiazole rings is 1. The van der Waals surface area contributed by atoms with Gasteiger partial charge in [-0.15, -0.1) is 11.3 Å². The Morgan fingerprint density at radius 3 is 2.84 bits per heavy atom. The first-order valence-corrected chi connectivity index (χ1v) is 14.1. The van der Waals surface area contributed by atoms with E-state index >= 15 is 0 Å². The number of aliphatic hydroxyl groups excluding tert-OH is 1. The van der Waals surface area contributed by atoms with Crippen molar-refractivity contribution in [3.63, 3.8) is 0 Å². The van der Waals surface area contributed by atoms with Crippen LogP contribution in [0.1, 0.15) is 69.9 Å². The fourth-order valence-electron chi connectivity index (χ4n) is 6.25. The van der Waals surface area contributed by atoms with Crippen LogP contribution in [0.3, 0.4) is 0 Å². The smallest absolute Gasteiger partial charge is 0.225 e. The number of fused-ring (bicyclic) bond motifs is 2. The molecular weight excluding hydrogens is 426 g/mol. The molecule has 0 aromatic carbocycles. The van der Waals surface area contributed by atoms with E-state index in [-0.39, 0.29) is 35.0 Å². The van der Waals surface area contributed by atoms with Crippen molar-refractivity contribution < 1.29 is 9.90 Å². The first-order chi connectivity index (χ1) is 14.9. The minimum absolute atomic E-state index is 0.0462. The second kappa shape index (κ2) is 9.60. The molecule has 4 rings (SSSR count). The summed E-state index contributed by atoms with van der Waals surface area (Å²) in [4.78, 5) is 21.6. The van der Waals surface area contributed by atoms with Gasteiger partial charge in [0.25, 0.3) is 0 Å². The molecule has 1 aromatic rings. The minimum Gasteiger partial charge on any atom is -0.392 e. The molecule has 1 amide bonds. The lowest BCUT2D eigenvalue weighted by atomic mass is 9.53. The van der Waals surface area contributed by atoms with Gasteiger partial charge in [-0.25, -0.2) is 4.98 Å². The number of aliphatic hydroxyl groups is 1. The molecule has 1 aliphatic heterocycles. The maximum atomic E-state index is 13.2. The summed E-state index contributed by atoms with van der Waals surface area (Å²) in [5.41, 5.74) is 1.26. The highest BCUT2D eigenvalue weighted by Gasteiger charge is 2.54. The molecule has 2 N–H and O–H groups in total. The van der Waals surface area contributed by atoms with Gasteiger partial charge in [0.05, 0.1) is 11.8 Å². The second-order valence-corrected chi connectivity index (χ2v) is 12.5. The highest BCUT2D eigenvalue weighted by Crippen LogP contribution is 2.57. The summed E-state index contributed by atoms with van der Waals surface area (Å²) < 4.78 is 0. The van der Waals surface area contributed by atoms with Crippen LogP contribution in [-0.4, -0.2) is 58.1 Å². The molecule has 5 nitrogen and oxygen atoms in total. The van der Waals surface area contributed by atoms with E-state index in [0.29, 0.717) is 0 Å².